The summed E-state index contributed by atoms with van der Waals surface area (Å²) in [4.78, 5) is 14.2. The summed E-state index contributed by atoms with van der Waals surface area (Å²) in [6.45, 7) is 0. The average Bonchev–Trinajstić information content (AvgIpc) is 3.14. The second-order valence-electron chi connectivity index (χ2n) is 5.98. The van der Waals surface area contributed by atoms with Crippen molar-refractivity contribution < 1.29 is 4.79 Å². The fourth-order valence-electron chi connectivity index (χ4n) is 2.35. The second-order valence-corrected chi connectivity index (χ2v) is 6.82. The number of halogens is 2. The van der Waals surface area contributed by atoms with Gasteiger partial charge in [0.05, 0.1) is 16.9 Å². The monoisotopic (exact) mass is 401 g/mol. The highest BCUT2D eigenvalue weighted by Crippen LogP contribution is 2.29. The maximum atomic E-state index is 12.2. The number of anilines is 1. The molecular formula is C19H17Cl2N5O. The van der Waals surface area contributed by atoms with Crippen molar-refractivity contribution in [1.82, 2.24) is 15.6 Å². The number of nitrogens with zero attached hydrogens (tertiary/aromatic N) is 3. The van der Waals surface area contributed by atoms with Gasteiger partial charge in [-0.1, -0.05) is 35.3 Å². The van der Waals surface area contributed by atoms with Gasteiger partial charge in [0, 0.05) is 30.4 Å². The standard InChI is InChI=1S/C19H17Cl2N5O/c1-26(2)14-6-3-12(4-7-14)11-22-25-19(27)18-10-17(23-24-18)15-9-13(20)5-8-16(15)21/h3-11H,1-2H3,(H,23,24)(H,25,27)/b22-11-. The number of carbonyl (C=O) groups is 1. The lowest BCUT2D eigenvalue weighted by molar-refractivity contribution is 0.0950. The quantitative estimate of drug-likeness (QED) is 0.496. The molecule has 0 fully saturated rings. The SMILES string of the molecule is CN(C)c1ccc(/C=N\NC(=O)c2cc(-c3cc(Cl)ccc3Cl)n[nH]2)cc1. The van der Waals surface area contributed by atoms with Gasteiger partial charge in [-0.05, 0) is 42.0 Å². The van der Waals surface area contributed by atoms with Crippen LogP contribution in [-0.4, -0.2) is 36.4 Å². The second kappa shape index (κ2) is 8.24. The van der Waals surface area contributed by atoms with Crippen LogP contribution in [0.4, 0.5) is 5.69 Å². The molecule has 1 heterocycles. The molecule has 27 heavy (non-hydrogen) atoms. The molecule has 0 aliphatic heterocycles. The molecule has 3 aromatic rings. The third-order valence-electron chi connectivity index (χ3n) is 3.82. The third-order valence-corrected chi connectivity index (χ3v) is 4.38. The average molecular weight is 402 g/mol. The van der Waals surface area contributed by atoms with Gasteiger partial charge in [-0.2, -0.15) is 10.2 Å². The van der Waals surface area contributed by atoms with Crippen LogP contribution in [-0.2, 0) is 0 Å². The van der Waals surface area contributed by atoms with Gasteiger partial charge in [-0.15, -0.1) is 0 Å². The van der Waals surface area contributed by atoms with Gasteiger partial charge in [0.15, 0.2) is 0 Å². The molecule has 8 heteroatoms. The molecule has 0 saturated carbocycles. The molecule has 6 nitrogen and oxygen atoms in total. The highest BCUT2D eigenvalue weighted by Gasteiger charge is 2.13. The van der Waals surface area contributed by atoms with E-state index in [1.807, 2.05) is 43.3 Å². The van der Waals surface area contributed by atoms with Crippen LogP contribution in [0.5, 0.6) is 0 Å². The van der Waals surface area contributed by atoms with Crippen LogP contribution in [0, 0.1) is 0 Å². The minimum Gasteiger partial charge on any atom is -0.378 e. The zero-order valence-corrected chi connectivity index (χ0v) is 16.2. The summed E-state index contributed by atoms with van der Waals surface area (Å²) in [7, 11) is 3.94. The minimum atomic E-state index is -0.409. The largest absolute Gasteiger partial charge is 0.378 e. The summed E-state index contributed by atoms with van der Waals surface area (Å²) in [5.74, 6) is -0.409. The third kappa shape index (κ3) is 4.67. The summed E-state index contributed by atoms with van der Waals surface area (Å²) >= 11 is 12.2. The molecule has 2 N–H and O–H groups in total. The summed E-state index contributed by atoms with van der Waals surface area (Å²) in [6, 6.07) is 14.4. The lowest BCUT2D eigenvalue weighted by atomic mass is 10.1. The van der Waals surface area contributed by atoms with Crippen LogP contribution in [0.3, 0.4) is 0 Å². The van der Waals surface area contributed by atoms with Crippen molar-refractivity contribution in [3.05, 3.63) is 69.8 Å². The first-order valence-corrected chi connectivity index (χ1v) is 8.81. The lowest BCUT2D eigenvalue weighted by Gasteiger charge is -2.11. The molecular weight excluding hydrogens is 385 g/mol. The van der Waals surface area contributed by atoms with Crippen molar-refractivity contribution in [2.24, 2.45) is 5.10 Å². The zero-order valence-electron chi connectivity index (χ0n) is 14.7. The Hall–Kier alpha value is -2.83. The first kappa shape index (κ1) is 18.9. The number of hydrogen-bond acceptors (Lipinski definition) is 4. The first-order valence-electron chi connectivity index (χ1n) is 8.05. The van der Waals surface area contributed by atoms with Crippen LogP contribution < -0.4 is 10.3 Å². The number of nitrogens with one attached hydrogen (secondary N) is 2. The molecule has 1 amide bonds. The number of benzene rings is 2. The smallest absolute Gasteiger partial charge is 0.289 e. The number of hydrogen-bond donors (Lipinski definition) is 2. The van der Waals surface area contributed by atoms with E-state index >= 15 is 0 Å². The number of hydrazone groups is 1. The van der Waals surface area contributed by atoms with Gasteiger partial charge in [0.2, 0.25) is 0 Å². The van der Waals surface area contributed by atoms with E-state index in [1.165, 1.54) is 0 Å². The maximum Gasteiger partial charge on any atom is 0.289 e. The Kier molecular flexibility index (Phi) is 5.78. The van der Waals surface area contributed by atoms with E-state index in [1.54, 1.807) is 30.5 Å². The Bertz CT molecular complexity index is 980. The molecule has 0 aliphatic carbocycles. The van der Waals surface area contributed by atoms with Crippen molar-refractivity contribution in [3.63, 3.8) is 0 Å². The lowest BCUT2D eigenvalue weighted by Crippen LogP contribution is -2.18. The van der Waals surface area contributed by atoms with Gasteiger partial charge in [0.25, 0.3) is 5.91 Å². The summed E-state index contributed by atoms with van der Waals surface area (Å²) < 4.78 is 0. The van der Waals surface area contributed by atoms with Crippen LogP contribution in [0.25, 0.3) is 11.3 Å². The molecule has 2 aromatic carbocycles. The number of H-pyrrole nitrogens is 1. The van der Waals surface area contributed by atoms with Gasteiger partial charge in [-0.25, -0.2) is 5.43 Å². The fourth-order valence-corrected chi connectivity index (χ4v) is 2.74. The first-order chi connectivity index (χ1) is 12.9. The van der Waals surface area contributed by atoms with Crippen LogP contribution in [0.15, 0.2) is 53.6 Å². The summed E-state index contributed by atoms with van der Waals surface area (Å²) in [5.41, 5.74) is 5.85. The van der Waals surface area contributed by atoms with Gasteiger partial charge in [-0.3, -0.25) is 9.89 Å². The molecule has 0 radical (unpaired) electrons. The molecule has 3 rings (SSSR count). The predicted molar refractivity (Wildman–Crippen MR) is 110 cm³/mol. The van der Waals surface area contributed by atoms with E-state index in [0.717, 1.165) is 11.3 Å². The van der Waals surface area contributed by atoms with E-state index in [-0.39, 0.29) is 5.69 Å². The number of rotatable bonds is 5. The van der Waals surface area contributed by atoms with Crippen molar-refractivity contribution >= 4 is 41.0 Å². The molecule has 0 spiro atoms. The fraction of sp³-hybridized carbons (Fsp3) is 0.105. The Morgan fingerprint density at radius 3 is 2.59 bits per heavy atom. The molecule has 0 aliphatic rings. The summed E-state index contributed by atoms with van der Waals surface area (Å²) in [5, 5.41) is 11.8. The molecule has 0 unspecified atom stereocenters. The summed E-state index contributed by atoms with van der Waals surface area (Å²) in [6.07, 6.45) is 1.57. The van der Waals surface area contributed by atoms with E-state index in [2.05, 4.69) is 20.7 Å². The molecule has 138 valence electrons. The normalized spacial score (nSPS) is 11.0. The van der Waals surface area contributed by atoms with Crippen LogP contribution in [0.2, 0.25) is 10.0 Å². The van der Waals surface area contributed by atoms with Gasteiger partial charge >= 0.3 is 0 Å². The van der Waals surface area contributed by atoms with E-state index in [9.17, 15) is 4.79 Å². The Labute approximate surface area is 166 Å². The number of amides is 1. The molecule has 0 bridgehead atoms. The van der Waals surface area contributed by atoms with Crippen molar-refractivity contribution in [3.8, 4) is 11.3 Å². The van der Waals surface area contributed by atoms with Gasteiger partial charge < -0.3 is 4.90 Å². The molecule has 0 saturated heterocycles. The Morgan fingerprint density at radius 1 is 1.15 bits per heavy atom. The van der Waals surface area contributed by atoms with Crippen molar-refractivity contribution in [2.75, 3.05) is 19.0 Å². The van der Waals surface area contributed by atoms with E-state index in [0.29, 0.717) is 21.3 Å². The minimum absolute atomic E-state index is 0.265. The molecule has 1 aromatic heterocycles. The van der Waals surface area contributed by atoms with Crippen LogP contribution in [0.1, 0.15) is 16.1 Å². The van der Waals surface area contributed by atoms with Crippen molar-refractivity contribution in [2.45, 2.75) is 0 Å². The van der Waals surface area contributed by atoms with E-state index < -0.39 is 5.91 Å². The molecule has 0 atom stereocenters. The van der Waals surface area contributed by atoms with E-state index in [4.69, 9.17) is 23.2 Å². The number of carbonyl (C=O) groups excluding carboxylic acids is 1. The Morgan fingerprint density at radius 2 is 1.89 bits per heavy atom. The predicted octanol–water partition coefficient (Wildman–Crippen LogP) is 4.21. The van der Waals surface area contributed by atoms with Crippen LogP contribution >= 0.6 is 23.2 Å². The highest BCUT2D eigenvalue weighted by atomic mass is 35.5. The van der Waals surface area contributed by atoms with Gasteiger partial charge in [0.1, 0.15) is 5.69 Å². The maximum absolute atomic E-state index is 12.2. The number of aromatic amines is 1. The highest BCUT2D eigenvalue weighted by molar-refractivity contribution is 6.35. The van der Waals surface area contributed by atoms with Crippen molar-refractivity contribution in [1.29, 1.82) is 0 Å². The number of aromatic nitrogens is 2. The topological polar surface area (TPSA) is 73.4 Å². The Balaban J connectivity index is 1.66. The zero-order chi connectivity index (χ0) is 19.4.